The van der Waals surface area contributed by atoms with Crippen LogP contribution in [0.4, 0.5) is 4.39 Å². The summed E-state index contributed by atoms with van der Waals surface area (Å²) in [6, 6.07) is 4.26. The first kappa shape index (κ1) is 11.9. The number of nitrogens with two attached hydrogens (primary N) is 1. The number of primary amides is 1. The van der Waals surface area contributed by atoms with Crippen LogP contribution in [0.15, 0.2) is 24.4 Å². The molecule has 19 heavy (non-hydrogen) atoms. The topological polar surface area (TPSA) is 72.9 Å². The largest absolute Gasteiger partial charge is 0.366 e. The van der Waals surface area contributed by atoms with Gasteiger partial charge in [0.2, 0.25) is 5.91 Å². The van der Waals surface area contributed by atoms with Crippen LogP contribution in [0.25, 0.3) is 0 Å². The molecule has 1 amide bonds. The third kappa shape index (κ3) is 2.22. The van der Waals surface area contributed by atoms with Gasteiger partial charge in [0.15, 0.2) is 0 Å². The second kappa shape index (κ2) is 4.47. The number of rotatable bonds is 3. The molecule has 0 radical (unpaired) electrons. The molecule has 98 valence electrons. The van der Waals surface area contributed by atoms with E-state index in [0.717, 1.165) is 30.4 Å². The third-order valence-corrected chi connectivity index (χ3v) is 3.20. The summed E-state index contributed by atoms with van der Waals surface area (Å²) < 4.78 is 15.6. The van der Waals surface area contributed by atoms with Gasteiger partial charge in [0.1, 0.15) is 5.82 Å². The molecule has 0 atom stereocenters. The van der Waals surface area contributed by atoms with Crippen molar-refractivity contribution in [1.82, 2.24) is 15.1 Å². The Morgan fingerprint density at radius 3 is 3.00 bits per heavy atom. The van der Waals surface area contributed by atoms with Crippen LogP contribution in [0.3, 0.4) is 0 Å². The zero-order chi connectivity index (χ0) is 13.4. The van der Waals surface area contributed by atoms with E-state index in [2.05, 4.69) is 10.4 Å². The van der Waals surface area contributed by atoms with Crippen LogP contribution in [-0.2, 0) is 19.6 Å². The first-order valence-electron chi connectivity index (χ1n) is 5.97. The molecule has 2 heterocycles. The average molecular weight is 260 g/mol. The van der Waals surface area contributed by atoms with E-state index in [4.69, 9.17) is 5.73 Å². The van der Waals surface area contributed by atoms with Crippen LogP contribution >= 0.6 is 0 Å². The van der Waals surface area contributed by atoms with Crippen molar-refractivity contribution in [2.75, 3.05) is 0 Å². The quantitative estimate of drug-likeness (QED) is 0.856. The zero-order valence-electron chi connectivity index (χ0n) is 10.2. The Kier molecular flexibility index (Phi) is 2.79. The van der Waals surface area contributed by atoms with Gasteiger partial charge in [-0.15, -0.1) is 0 Å². The number of amides is 1. The summed E-state index contributed by atoms with van der Waals surface area (Å²) in [6.07, 6.45) is 1.91. The number of nitrogens with one attached hydrogen (secondary N) is 1. The summed E-state index contributed by atoms with van der Waals surface area (Å²) in [7, 11) is 0. The molecule has 0 saturated carbocycles. The fourth-order valence-electron chi connectivity index (χ4n) is 2.20. The van der Waals surface area contributed by atoms with Gasteiger partial charge in [-0.1, -0.05) is 6.07 Å². The molecule has 0 spiro atoms. The summed E-state index contributed by atoms with van der Waals surface area (Å²) in [5, 5.41) is 7.57. The Labute approximate surface area is 109 Å². The lowest BCUT2D eigenvalue weighted by molar-refractivity contribution is 0.1000. The van der Waals surface area contributed by atoms with Gasteiger partial charge in [-0.25, -0.2) is 4.39 Å². The molecule has 0 bridgehead atoms. The minimum absolute atomic E-state index is 0.174. The van der Waals surface area contributed by atoms with E-state index in [0.29, 0.717) is 12.1 Å². The predicted octanol–water partition coefficient (Wildman–Crippen LogP) is 0.773. The van der Waals surface area contributed by atoms with Gasteiger partial charge in [-0.05, 0) is 12.1 Å². The molecule has 6 heteroatoms. The Balaban J connectivity index is 1.84. The number of hydrogen-bond acceptors (Lipinski definition) is 3. The summed E-state index contributed by atoms with van der Waals surface area (Å²) in [4.78, 5) is 10.9. The van der Waals surface area contributed by atoms with E-state index in [1.54, 1.807) is 10.7 Å². The van der Waals surface area contributed by atoms with Crippen molar-refractivity contribution in [2.24, 2.45) is 5.73 Å². The Morgan fingerprint density at radius 1 is 1.47 bits per heavy atom. The number of hydrogen-bond donors (Lipinski definition) is 2. The maximum Gasteiger partial charge on any atom is 0.248 e. The number of nitrogens with zero attached hydrogens (tertiary/aromatic N) is 2. The maximum absolute atomic E-state index is 13.8. The van der Waals surface area contributed by atoms with Crippen molar-refractivity contribution in [3.8, 4) is 0 Å². The highest BCUT2D eigenvalue weighted by atomic mass is 19.1. The lowest BCUT2D eigenvalue weighted by atomic mass is 10.1. The van der Waals surface area contributed by atoms with E-state index in [-0.39, 0.29) is 5.56 Å². The van der Waals surface area contributed by atoms with E-state index in [9.17, 15) is 9.18 Å². The van der Waals surface area contributed by atoms with Crippen molar-refractivity contribution < 1.29 is 9.18 Å². The fourth-order valence-corrected chi connectivity index (χ4v) is 2.20. The standard InChI is InChI=1S/C13H13FN4O/c14-11-3-8(13(15)19)1-2-9(11)6-18-7-10-4-16-5-12(10)17-18/h1-3,7,16H,4-6H2,(H2,15,19). The number of aromatic nitrogens is 2. The lowest BCUT2D eigenvalue weighted by Crippen LogP contribution is -2.12. The van der Waals surface area contributed by atoms with Gasteiger partial charge in [0.25, 0.3) is 0 Å². The van der Waals surface area contributed by atoms with Crippen molar-refractivity contribution in [3.05, 3.63) is 52.6 Å². The molecular weight excluding hydrogens is 247 g/mol. The smallest absolute Gasteiger partial charge is 0.248 e. The second-order valence-corrected chi connectivity index (χ2v) is 4.57. The third-order valence-electron chi connectivity index (χ3n) is 3.20. The van der Waals surface area contributed by atoms with Crippen LogP contribution < -0.4 is 11.1 Å². The molecule has 0 saturated heterocycles. The summed E-state index contributed by atoms with van der Waals surface area (Å²) >= 11 is 0. The van der Waals surface area contributed by atoms with Gasteiger partial charge < -0.3 is 11.1 Å². The van der Waals surface area contributed by atoms with Crippen molar-refractivity contribution in [3.63, 3.8) is 0 Å². The normalized spacial score (nSPS) is 13.5. The van der Waals surface area contributed by atoms with Crippen LogP contribution in [0.2, 0.25) is 0 Å². The summed E-state index contributed by atoms with van der Waals surface area (Å²) in [5.74, 6) is -1.07. The highest BCUT2D eigenvalue weighted by molar-refractivity contribution is 5.92. The Bertz CT molecular complexity index is 629. The zero-order valence-corrected chi connectivity index (χ0v) is 10.2. The second-order valence-electron chi connectivity index (χ2n) is 4.57. The molecule has 3 rings (SSSR count). The van der Waals surface area contributed by atoms with Gasteiger partial charge >= 0.3 is 0 Å². The average Bonchev–Trinajstić information content (AvgIpc) is 2.92. The lowest BCUT2D eigenvalue weighted by Gasteiger charge is -2.05. The summed E-state index contributed by atoms with van der Waals surface area (Å²) in [6.45, 7) is 1.90. The van der Waals surface area contributed by atoms with Crippen LogP contribution in [0, 0.1) is 5.82 Å². The Morgan fingerprint density at radius 2 is 2.32 bits per heavy atom. The first-order valence-corrected chi connectivity index (χ1v) is 5.97. The van der Waals surface area contributed by atoms with Gasteiger partial charge in [0.05, 0.1) is 12.2 Å². The molecule has 3 N–H and O–H groups in total. The number of fused-ring (bicyclic) bond motifs is 1. The maximum atomic E-state index is 13.8. The van der Waals surface area contributed by atoms with Crippen molar-refractivity contribution in [1.29, 1.82) is 0 Å². The van der Waals surface area contributed by atoms with Crippen molar-refractivity contribution in [2.45, 2.75) is 19.6 Å². The molecule has 0 unspecified atom stereocenters. The number of benzene rings is 1. The molecule has 1 aromatic carbocycles. The van der Waals surface area contributed by atoms with Crippen molar-refractivity contribution >= 4 is 5.91 Å². The molecule has 2 aromatic rings. The number of carbonyl (C=O) groups excluding carboxylic acids is 1. The van der Waals surface area contributed by atoms with E-state index in [1.165, 1.54) is 6.07 Å². The van der Waals surface area contributed by atoms with Gasteiger partial charge in [0, 0.05) is 36.0 Å². The SMILES string of the molecule is NC(=O)c1ccc(Cn2cc3c(n2)CNC3)c(F)c1. The Hall–Kier alpha value is -2.21. The van der Waals surface area contributed by atoms with Gasteiger partial charge in [-0.2, -0.15) is 5.10 Å². The number of carbonyl (C=O) groups is 1. The fraction of sp³-hybridized carbons (Fsp3) is 0.231. The molecule has 0 aliphatic carbocycles. The van der Waals surface area contributed by atoms with Crippen LogP contribution in [-0.4, -0.2) is 15.7 Å². The van der Waals surface area contributed by atoms with Gasteiger partial charge in [-0.3, -0.25) is 9.48 Å². The van der Waals surface area contributed by atoms with E-state index in [1.807, 2.05) is 6.20 Å². The highest BCUT2D eigenvalue weighted by Gasteiger charge is 2.15. The molecule has 1 aliphatic rings. The van der Waals surface area contributed by atoms with E-state index < -0.39 is 11.7 Å². The first-order chi connectivity index (χ1) is 9.13. The molecule has 5 nitrogen and oxygen atoms in total. The number of halogens is 1. The molecular formula is C13H13FN4O. The minimum atomic E-state index is -0.630. The van der Waals surface area contributed by atoms with Crippen LogP contribution in [0.5, 0.6) is 0 Å². The molecule has 1 aromatic heterocycles. The minimum Gasteiger partial charge on any atom is -0.366 e. The van der Waals surface area contributed by atoms with Crippen LogP contribution in [0.1, 0.15) is 27.2 Å². The molecule has 0 fully saturated rings. The van der Waals surface area contributed by atoms with E-state index >= 15 is 0 Å². The summed E-state index contributed by atoms with van der Waals surface area (Å²) in [5.41, 5.74) is 7.92. The highest BCUT2D eigenvalue weighted by Crippen LogP contribution is 2.16. The predicted molar refractivity (Wildman–Crippen MR) is 66.8 cm³/mol. The molecule has 1 aliphatic heterocycles. The monoisotopic (exact) mass is 260 g/mol.